The Morgan fingerprint density at radius 1 is 1.10 bits per heavy atom. The molecule has 0 aliphatic rings. The van der Waals surface area contributed by atoms with Gasteiger partial charge in [-0.25, -0.2) is 0 Å². The molecule has 0 aliphatic carbocycles. The topological polar surface area (TPSA) is 205 Å². The standard InChI is InChI=1S/C5H12N4O3.2C2H4O2/c6-3(4(10)11)1-2-8-5(7)9-12;2*1-2(3)4/h3,5,8H,1-2,6-7H2,(H,10,11);2*1H3,(H,3,4). The van der Waals surface area contributed by atoms with Gasteiger partial charge in [-0.05, 0) is 11.6 Å². The van der Waals surface area contributed by atoms with Gasteiger partial charge in [0.15, 0.2) is 6.29 Å². The molecule has 8 N–H and O–H groups in total. The largest absolute Gasteiger partial charge is 0.481 e. The van der Waals surface area contributed by atoms with Crippen molar-refractivity contribution in [2.75, 3.05) is 6.54 Å². The number of hydrogen-bond donors (Lipinski definition) is 6. The van der Waals surface area contributed by atoms with E-state index in [-0.39, 0.29) is 13.0 Å². The number of rotatable bonds is 6. The van der Waals surface area contributed by atoms with Gasteiger partial charge in [-0.15, -0.1) is 4.91 Å². The number of nitrogens with one attached hydrogen (secondary N) is 1. The van der Waals surface area contributed by atoms with Crippen LogP contribution in [0.5, 0.6) is 0 Å². The van der Waals surface area contributed by atoms with Crippen LogP contribution in [-0.2, 0) is 14.4 Å². The Balaban J connectivity index is -0.000000297. The highest BCUT2D eigenvalue weighted by atomic mass is 16.4. The van der Waals surface area contributed by atoms with Crippen molar-refractivity contribution < 1.29 is 29.7 Å². The second-order valence-electron chi connectivity index (χ2n) is 3.28. The first kappa shape index (κ1) is 23.0. The summed E-state index contributed by atoms with van der Waals surface area (Å²) in [7, 11) is 0. The molecule has 0 radical (unpaired) electrons. The molecule has 118 valence electrons. The van der Waals surface area contributed by atoms with E-state index < -0.39 is 30.2 Å². The smallest absolute Gasteiger partial charge is 0.320 e. The number of carboxylic acids is 3. The van der Waals surface area contributed by atoms with Gasteiger partial charge < -0.3 is 21.1 Å². The molecular formula is C9H20N4O7. The Morgan fingerprint density at radius 3 is 1.70 bits per heavy atom. The van der Waals surface area contributed by atoms with Crippen molar-refractivity contribution in [1.82, 2.24) is 5.32 Å². The quantitative estimate of drug-likeness (QED) is 0.248. The summed E-state index contributed by atoms with van der Waals surface area (Å²) in [5.41, 5.74) is 10.2. The SMILES string of the molecule is CC(=O)O.CC(=O)O.NC(N=O)NCCC(N)C(=O)O. The van der Waals surface area contributed by atoms with E-state index in [9.17, 15) is 9.70 Å². The molecule has 2 atom stereocenters. The second kappa shape index (κ2) is 14.9. The third-order valence-corrected chi connectivity index (χ3v) is 1.24. The number of nitrogens with two attached hydrogens (primary N) is 2. The van der Waals surface area contributed by atoms with Crippen molar-refractivity contribution >= 4 is 17.9 Å². The maximum Gasteiger partial charge on any atom is 0.320 e. The molecule has 0 aromatic heterocycles. The van der Waals surface area contributed by atoms with Gasteiger partial charge in [0.25, 0.3) is 11.9 Å². The number of hydrogen-bond acceptors (Lipinski definition) is 8. The molecule has 20 heavy (non-hydrogen) atoms. The first-order valence-electron chi connectivity index (χ1n) is 5.23. The van der Waals surface area contributed by atoms with Gasteiger partial charge >= 0.3 is 5.97 Å². The van der Waals surface area contributed by atoms with Crippen LogP contribution in [0.3, 0.4) is 0 Å². The molecule has 0 spiro atoms. The van der Waals surface area contributed by atoms with Crippen LogP contribution in [0.2, 0.25) is 0 Å². The average molecular weight is 296 g/mol. The number of carboxylic acid groups (broad SMARTS) is 3. The molecule has 0 heterocycles. The minimum absolute atomic E-state index is 0.207. The highest BCUT2D eigenvalue weighted by Gasteiger charge is 2.10. The van der Waals surface area contributed by atoms with Gasteiger partial charge in [0.1, 0.15) is 6.04 Å². The molecule has 0 aliphatic heterocycles. The lowest BCUT2D eigenvalue weighted by molar-refractivity contribution is -0.139. The third kappa shape index (κ3) is 36.0. The molecule has 2 unspecified atom stereocenters. The zero-order valence-electron chi connectivity index (χ0n) is 11.1. The Hall–Kier alpha value is -2.11. The monoisotopic (exact) mass is 296 g/mol. The zero-order valence-corrected chi connectivity index (χ0v) is 11.1. The van der Waals surface area contributed by atoms with E-state index in [2.05, 4.69) is 10.5 Å². The Morgan fingerprint density at radius 2 is 1.45 bits per heavy atom. The van der Waals surface area contributed by atoms with Crippen molar-refractivity contribution in [2.24, 2.45) is 16.6 Å². The number of aliphatic carboxylic acids is 3. The summed E-state index contributed by atoms with van der Waals surface area (Å²) >= 11 is 0. The second-order valence-corrected chi connectivity index (χ2v) is 3.28. The maximum absolute atomic E-state index is 10.2. The number of nitrogens with zero attached hydrogens (tertiary/aromatic N) is 1. The molecule has 0 saturated heterocycles. The number of nitroso groups, excluding NO2 is 1. The molecule has 0 rings (SSSR count). The van der Waals surface area contributed by atoms with Crippen molar-refractivity contribution in [1.29, 1.82) is 0 Å². The third-order valence-electron chi connectivity index (χ3n) is 1.24. The van der Waals surface area contributed by atoms with Crippen LogP contribution >= 0.6 is 0 Å². The average Bonchev–Trinajstić information content (AvgIpc) is 2.26. The summed E-state index contributed by atoms with van der Waals surface area (Å²) in [6, 6.07) is -0.934. The lowest BCUT2D eigenvalue weighted by atomic mass is 10.2. The predicted octanol–water partition coefficient (Wildman–Crippen LogP) is -1.43. The highest BCUT2D eigenvalue weighted by Crippen LogP contribution is 1.86. The van der Waals surface area contributed by atoms with Crippen LogP contribution in [0, 0.1) is 4.91 Å². The summed E-state index contributed by atoms with van der Waals surface area (Å²) in [5, 5.41) is 28.1. The highest BCUT2D eigenvalue weighted by molar-refractivity contribution is 5.72. The van der Waals surface area contributed by atoms with Crippen molar-refractivity contribution in [2.45, 2.75) is 32.6 Å². The molecule has 11 heteroatoms. The van der Waals surface area contributed by atoms with Crippen LogP contribution in [0.4, 0.5) is 0 Å². The van der Waals surface area contributed by atoms with Gasteiger partial charge in [-0.2, -0.15) is 0 Å². The Kier molecular flexibility index (Phi) is 17.2. The van der Waals surface area contributed by atoms with Crippen LogP contribution in [0.15, 0.2) is 5.18 Å². The van der Waals surface area contributed by atoms with Crippen molar-refractivity contribution in [3.63, 3.8) is 0 Å². The van der Waals surface area contributed by atoms with E-state index in [1.54, 1.807) is 0 Å². The minimum atomic E-state index is -1.08. The number of carbonyl (C=O) groups is 3. The van der Waals surface area contributed by atoms with Crippen LogP contribution < -0.4 is 16.8 Å². The molecule has 11 nitrogen and oxygen atoms in total. The van der Waals surface area contributed by atoms with E-state index >= 15 is 0 Å². The summed E-state index contributed by atoms with van der Waals surface area (Å²) in [4.78, 5) is 37.9. The fraction of sp³-hybridized carbons (Fsp3) is 0.667. The molecular weight excluding hydrogens is 276 g/mol. The maximum atomic E-state index is 10.2. The van der Waals surface area contributed by atoms with Gasteiger partial charge in [0, 0.05) is 20.4 Å². The molecule has 0 bridgehead atoms. The van der Waals surface area contributed by atoms with E-state index in [4.69, 9.17) is 36.4 Å². The molecule has 0 aromatic rings. The minimum Gasteiger partial charge on any atom is -0.481 e. The van der Waals surface area contributed by atoms with Crippen LogP contribution in [0.1, 0.15) is 20.3 Å². The molecule has 0 aromatic carbocycles. The van der Waals surface area contributed by atoms with Gasteiger partial charge in [-0.3, -0.25) is 25.4 Å². The van der Waals surface area contributed by atoms with E-state index in [0.717, 1.165) is 13.8 Å². The first-order chi connectivity index (χ1) is 9.04. The molecule has 0 saturated carbocycles. The Labute approximate surface area is 114 Å². The van der Waals surface area contributed by atoms with E-state index in [1.807, 2.05) is 0 Å². The summed E-state index contributed by atoms with van der Waals surface area (Å²) in [6.45, 7) is 2.42. The normalized spacial score (nSPS) is 11.6. The summed E-state index contributed by atoms with van der Waals surface area (Å²) < 4.78 is 0. The molecule has 0 amide bonds. The lowest BCUT2D eigenvalue weighted by Crippen LogP contribution is -2.39. The van der Waals surface area contributed by atoms with E-state index in [1.165, 1.54) is 0 Å². The van der Waals surface area contributed by atoms with Crippen molar-refractivity contribution in [3.05, 3.63) is 4.91 Å². The molecule has 0 fully saturated rings. The fourth-order valence-electron chi connectivity index (χ4n) is 0.547. The predicted molar refractivity (Wildman–Crippen MR) is 68.6 cm³/mol. The Bertz CT molecular complexity index is 291. The van der Waals surface area contributed by atoms with Crippen molar-refractivity contribution in [3.8, 4) is 0 Å². The first-order valence-corrected chi connectivity index (χ1v) is 5.23. The van der Waals surface area contributed by atoms with Gasteiger partial charge in [0.2, 0.25) is 0 Å². The van der Waals surface area contributed by atoms with Gasteiger partial charge in [-0.1, -0.05) is 0 Å². The fourth-order valence-corrected chi connectivity index (χ4v) is 0.547. The summed E-state index contributed by atoms with van der Waals surface area (Å²) in [6.07, 6.45) is -0.788. The summed E-state index contributed by atoms with van der Waals surface area (Å²) in [5.74, 6) is -2.75. The zero-order chi connectivity index (χ0) is 16.7. The van der Waals surface area contributed by atoms with Crippen LogP contribution in [-0.4, -0.2) is 52.1 Å². The van der Waals surface area contributed by atoms with Gasteiger partial charge in [0.05, 0.1) is 0 Å². The van der Waals surface area contributed by atoms with E-state index in [0.29, 0.717) is 0 Å². The lowest BCUT2D eigenvalue weighted by Gasteiger charge is -2.08. The van der Waals surface area contributed by atoms with Crippen LogP contribution in [0.25, 0.3) is 0 Å².